The van der Waals surface area contributed by atoms with Crippen LogP contribution in [-0.4, -0.2) is 19.0 Å². The fraction of sp³-hybridized carbons (Fsp3) is 0.750. The third-order valence-electron chi connectivity index (χ3n) is 2.42. The van der Waals surface area contributed by atoms with Gasteiger partial charge in [0, 0.05) is 7.11 Å². The molecule has 0 aliphatic rings. The molecule has 0 bridgehead atoms. The standard InChI is InChI=1S/C12H22O2/c1-6-9-12(3,4)11(14-5)8-7-10(2)13/h7-8,11H,6,9H2,1-5H3/b8-7+. The third kappa shape index (κ3) is 4.56. The van der Waals surface area contributed by atoms with Crippen molar-refractivity contribution in [2.45, 2.75) is 46.6 Å². The molecular weight excluding hydrogens is 176 g/mol. The average Bonchev–Trinajstić information content (AvgIpc) is 2.03. The van der Waals surface area contributed by atoms with Gasteiger partial charge in [-0.1, -0.05) is 33.3 Å². The van der Waals surface area contributed by atoms with Crippen LogP contribution in [0.4, 0.5) is 0 Å². The molecule has 0 aliphatic carbocycles. The fourth-order valence-corrected chi connectivity index (χ4v) is 1.67. The van der Waals surface area contributed by atoms with E-state index in [4.69, 9.17) is 4.74 Å². The van der Waals surface area contributed by atoms with Gasteiger partial charge >= 0.3 is 0 Å². The van der Waals surface area contributed by atoms with Crippen LogP contribution in [0.1, 0.15) is 40.5 Å². The molecule has 0 aromatic carbocycles. The van der Waals surface area contributed by atoms with Gasteiger partial charge in [0.1, 0.15) is 0 Å². The molecule has 1 unspecified atom stereocenters. The van der Waals surface area contributed by atoms with E-state index in [2.05, 4.69) is 20.8 Å². The molecule has 0 amide bonds. The van der Waals surface area contributed by atoms with E-state index in [1.165, 1.54) is 0 Å². The predicted molar refractivity (Wildman–Crippen MR) is 59.3 cm³/mol. The van der Waals surface area contributed by atoms with Gasteiger partial charge in [-0.25, -0.2) is 0 Å². The van der Waals surface area contributed by atoms with E-state index in [1.807, 2.05) is 6.08 Å². The van der Waals surface area contributed by atoms with E-state index in [0.29, 0.717) is 0 Å². The average molecular weight is 198 g/mol. The number of ether oxygens (including phenoxy) is 1. The van der Waals surface area contributed by atoms with E-state index in [0.717, 1.165) is 12.8 Å². The SMILES string of the molecule is CCCC(C)(C)C(/C=C/C(C)=O)OC. The molecule has 0 rings (SSSR count). The third-order valence-corrected chi connectivity index (χ3v) is 2.42. The van der Waals surface area contributed by atoms with Crippen LogP contribution in [0, 0.1) is 5.41 Å². The Morgan fingerprint density at radius 2 is 2.07 bits per heavy atom. The van der Waals surface area contributed by atoms with Gasteiger partial charge in [-0.2, -0.15) is 0 Å². The molecule has 0 aromatic heterocycles. The summed E-state index contributed by atoms with van der Waals surface area (Å²) in [5, 5.41) is 0. The molecule has 0 N–H and O–H groups in total. The largest absolute Gasteiger partial charge is 0.377 e. The van der Waals surface area contributed by atoms with Crippen molar-refractivity contribution in [2.75, 3.05) is 7.11 Å². The summed E-state index contributed by atoms with van der Waals surface area (Å²) >= 11 is 0. The van der Waals surface area contributed by atoms with Crippen molar-refractivity contribution in [2.24, 2.45) is 5.41 Å². The Balaban J connectivity index is 4.46. The lowest BCUT2D eigenvalue weighted by molar-refractivity contribution is -0.112. The second-order valence-corrected chi connectivity index (χ2v) is 4.36. The Kier molecular flexibility index (Phi) is 5.70. The maximum absolute atomic E-state index is 10.8. The van der Waals surface area contributed by atoms with Gasteiger partial charge < -0.3 is 4.74 Å². The van der Waals surface area contributed by atoms with Crippen molar-refractivity contribution in [1.29, 1.82) is 0 Å². The normalized spacial score (nSPS) is 14.6. The predicted octanol–water partition coefficient (Wildman–Crippen LogP) is 2.97. The molecule has 82 valence electrons. The molecule has 0 saturated heterocycles. The molecule has 0 aromatic rings. The van der Waals surface area contributed by atoms with Crippen LogP contribution in [-0.2, 0) is 9.53 Å². The second-order valence-electron chi connectivity index (χ2n) is 4.36. The highest BCUT2D eigenvalue weighted by molar-refractivity contribution is 5.87. The number of rotatable bonds is 6. The van der Waals surface area contributed by atoms with Crippen molar-refractivity contribution < 1.29 is 9.53 Å². The highest BCUT2D eigenvalue weighted by atomic mass is 16.5. The van der Waals surface area contributed by atoms with Crippen LogP contribution >= 0.6 is 0 Å². The second kappa shape index (κ2) is 5.97. The van der Waals surface area contributed by atoms with Crippen molar-refractivity contribution in [3.05, 3.63) is 12.2 Å². The Morgan fingerprint density at radius 3 is 2.43 bits per heavy atom. The van der Waals surface area contributed by atoms with Gasteiger partial charge in [0.25, 0.3) is 0 Å². The molecule has 0 fully saturated rings. The fourth-order valence-electron chi connectivity index (χ4n) is 1.67. The Hall–Kier alpha value is -0.630. The van der Waals surface area contributed by atoms with E-state index in [-0.39, 0.29) is 17.3 Å². The first-order valence-electron chi connectivity index (χ1n) is 5.15. The Morgan fingerprint density at radius 1 is 1.50 bits per heavy atom. The van der Waals surface area contributed by atoms with Gasteiger partial charge in [0.2, 0.25) is 0 Å². The summed E-state index contributed by atoms with van der Waals surface area (Å²) in [6.45, 7) is 8.03. The number of hydrogen-bond donors (Lipinski definition) is 0. The van der Waals surface area contributed by atoms with Gasteiger partial charge in [0.05, 0.1) is 6.10 Å². The van der Waals surface area contributed by atoms with E-state index in [9.17, 15) is 4.79 Å². The lowest BCUT2D eigenvalue weighted by Gasteiger charge is -2.30. The number of ketones is 1. The maximum Gasteiger partial charge on any atom is 0.152 e. The van der Waals surface area contributed by atoms with E-state index in [1.54, 1.807) is 20.1 Å². The van der Waals surface area contributed by atoms with Crippen molar-refractivity contribution in [3.8, 4) is 0 Å². The van der Waals surface area contributed by atoms with E-state index < -0.39 is 0 Å². The summed E-state index contributed by atoms with van der Waals surface area (Å²) in [4.78, 5) is 10.8. The molecule has 14 heavy (non-hydrogen) atoms. The number of hydrogen-bond acceptors (Lipinski definition) is 2. The summed E-state index contributed by atoms with van der Waals surface area (Å²) in [6.07, 6.45) is 5.68. The first-order chi connectivity index (χ1) is 6.44. The van der Waals surface area contributed by atoms with Crippen LogP contribution < -0.4 is 0 Å². The summed E-state index contributed by atoms with van der Waals surface area (Å²) in [7, 11) is 1.69. The molecule has 1 atom stereocenters. The number of carbonyl (C=O) groups excluding carboxylic acids is 1. The zero-order chi connectivity index (χ0) is 11.2. The summed E-state index contributed by atoms with van der Waals surface area (Å²) in [6, 6.07) is 0. The first-order valence-corrected chi connectivity index (χ1v) is 5.15. The molecule has 0 spiro atoms. The van der Waals surface area contributed by atoms with Crippen LogP contribution in [0.5, 0.6) is 0 Å². The molecular formula is C12H22O2. The van der Waals surface area contributed by atoms with Crippen molar-refractivity contribution >= 4 is 5.78 Å². The molecule has 2 heteroatoms. The Bertz CT molecular complexity index is 204. The van der Waals surface area contributed by atoms with Crippen LogP contribution in [0.15, 0.2) is 12.2 Å². The quantitative estimate of drug-likeness (QED) is 0.613. The van der Waals surface area contributed by atoms with Crippen LogP contribution in [0.2, 0.25) is 0 Å². The van der Waals surface area contributed by atoms with Crippen LogP contribution in [0.3, 0.4) is 0 Å². The number of carbonyl (C=O) groups is 1. The summed E-state index contributed by atoms with van der Waals surface area (Å²) in [5.74, 6) is 0.0688. The monoisotopic (exact) mass is 198 g/mol. The highest BCUT2D eigenvalue weighted by Gasteiger charge is 2.26. The van der Waals surface area contributed by atoms with Crippen molar-refractivity contribution in [3.63, 3.8) is 0 Å². The smallest absolute Gasteiger partial charge is 0.152 e. The lowest BCUT2D eigenvalue weighted by Crippen LogP contribution is -2.29. The van der Waals surface area contributed by atoms with Crippen molar-refractivity contribution in [1.82, 2.24) is 0 Å². The zero-order valence-corrected chi connectivity index (χ0v) is 9.96. The number of allylic oxidation sites excluding steroid dienone is 1. The van der Waals surface area contributed by atoms with E-state index >= 15 is 0 Å². The zero-order valence-electron chi connectivity index (χ0n) is 9.96. The molecule has 2 nitrogen and oxygen atoms in total. The van der Waals surface area contributed by atoms with Gasteiger partial charge in [-0.3, -0.25) is 4.79 Å². The van der Waals surface area contributed by atoms with Gasteiger partial charge in [-0.15, -0.1) is 0 Å². The topological polar surface area (TPSA) is 26.3 Å². The van der Waals surface area contributed by atoms with Gasteiger partial charge in [-0.05, 0) is 24.8 Å². The minimum absolute atomic E-state index is 0.0198. The van der Waals surface area contributed by atoms with Crippen LogP contribution in [0.25, 0.3) is 0 Å². The molecule has 0 aliphatic heterocycles. The summed E-state index contributed by atoms with van der Waals surface area (Å²) in [5.41, 5.74) is 0.0927. The molecule has 0 saturated carbocycles. The lowest BCUT2D eigenvalue weighted by atomic mass is 9.82. The molecule has 0 heterocycles. The first kappa shape index (κ1) is 13.4. The molecule has 0 radical (unpaired) electrons. The summed E-state index contributed by atoms with van der Waals surface area (Å²) < 4.78 is 5.38. The minimum atomic E-state index is 0.0198. The number of methoxy groups -OCH3 is 1. The minimum Gasteiger partial charge on any atom is -0.377 e. The highest BCUT2D eigenvalue weighted by Crippen LogP contribution is 2.29. The maximum atomic E-state index is 10.8. The van der Waals surface area contributed by atoms with Gasteiger partial charge in [0.15, 0.2) is 5.78 Å². The Labute approximate surface area is 87.3 Å².